The summed E-state index contributed by atoms with van der Waals surface area (Å²) in [6.45, 7) is 3.06. The summed E-state index contributed by atoms with van der Waals surface area (Å²) in [6.07, 6.45) is 1.07. The third kappa shape index (κ3) is 4.09. The summed E-state index contributed by atoms with van der Waals surface area (Å²) in [4.78, 5) is 1.42. The van der Waals surface area contributed by atoms with Gasteiger partial charge in [-0.25, -0.2) is 0 Å². The summed E-state index contributed by atoms with van der Waals surface area (Å²) >= 11 is 11.3. The molecular formula is C14H15BrClNS. The SMILES string of the molecule is CC(Cc1cccs1)NCc1ccc(Cl)cc1Br. The van der Waals surface area contributed by atoms with Crippen LogP contribution in [0, 0.1) is 0 Å². The Balaban J connectivity index is 1.87. The number of nitrogens with one attached hydrogen (secondary N) is 1. The summed E-state index contributed by atoms with van der Waals surface area (Å²) in [6, 6.07) is 10.7. The van der Waals surface area contributed by atoms with Crippen molar-refractivity contribution in [3.05, 3.63) is 55.6 Å². The molecule has 0 spiro atoms. The number of rotatable bonds is 5. The molecule has 18 heavy (non-hydrogen) atoms. The van der Waals surface area contributed by atoms with Crippen molar-refractivity contribution in [1.29, 1.82) is 0 Å². The highest BCUT2D eigenvalue weighted by molar-refractivity contribution is 9.10. The van der Waals surface area contributed by atoms with Crippen LogP contribution in [0.3, 0.4) is 0 Å². The van der Waals surface area contributed by atoms with Gasteiger partial charge < -0.3 is 5.32 Å². The Hall–Kier alpha value is -0.350. The molecule has 1 aromatic carbocycles. The van der Waals surface area contributed by atoms with E-state index in [9.17, 15) is 0 Å². The van der Waals surface area contributed by atoms with Gasteiger partial charge in [-0.2, -0.15) is 0 Å². The lowest BCUT2D eigenvalue weighted by Gasteiger charge is -2.13. The van der Waals surface area contributed by atoms with E-state index in [1.807, 2.05) is 23.5 Å². The van der Waals surface area contributed by atoms with Crippen LogP contribution in [0.4, 0.5) is 0 Å². The van der Waals surface area contributed by atoms with Gasteiger partial charge in [0.05, 0.1) is 0 Å². The zero-order valence-electron chi connectivity index (χ0n) is 10.1. The molecular weight excluding hydrogens is 330 g/mol. The van der Waals surface area contributed by atoms with Crippen molar-refractivity contribution in [3.8, 4) is 0 Å². The molecule has 0 saturated heterocycles. The van der Waals surface area contributed by atoms with E-state index >= 15 is 0 Å². The molecule has 1 nitrogen and oxygen atoms in total. The van der Waals surface area contributed by atoms with E-state index in [0.717, 1.165) is 22.5 Å². The average molecular weight is 345 g/mol. The Morgan fingerprint density at radius 1 is 1.39 bits per heavy atom. The predicted molar refractivity (Wildman–Crippen MR) is 83.5 cm³/mol. The molecule has 1 aromatic heterocycles. The van der Waals surface area contributed by atoms with Crippen LogP contribution in [-0.4, -0.2) is 6.04 Å². The fourth-order valence-corrected chi connectivity index (χ4v) is 3.41. The van der Waals surface area contributed by atoms with E-state index in [4.69, 9.17) is 11.6 Å². The molecule has 1 atom stereocenters. The van der Waals surface area contributed by atoms with Crippen molar-refractivity contribution in [2.45, 2.75) is 25.9 Å². The predicted octanol–water partition coefficient (Wildman–Crippen LogP) is 4.88. The van der Waals surface area contributed by atoms with Crippen LogP contribution in [0.15, 0.2) is 40.2 Å². The zero-order valence-corrected chi connectivity index (χ0v) is 13.3. The van der Waals surface area contributed by atoms with Gasteiger partial charge >= 0.3 is 0 Å². The normalized spacial score (nSPS) is 12.6. The standard InChI is InChI=1S/C14H15BrClNS/c1-10(7-13-3-2-6-18-13)17-9-11-4-5-12(16)8-14(11)15/h2-6,8,10,17H,7,9H2,1H3. The Labute approximate surface area is 125 Å². The lowest BCUT2D eigenvalue weighted by molar-refractivity contribution is 0.548. The second kappa shape index (κ2) is 6.71. The molecule has 1 heterocycles. The topological polar surface area (TPSA) is 12.0 Å². The van der Waals surface area contributed by atoms with E-state index in [2.05, 4.69) is 51.7 Å². The first-order valence-corrected chi connectivity index (χ1v) is 7.90. The minimum Gasteiger partial charge on any atom is -0.310 e. The second-order valence-corrected chi connectivity index (χ2v) is 6.62. The molecule has 0 amide bonds. The Kier molecular flexibility index (Phi) is 5.25. The van der Waals surface area contributed by atoms with Crippen LogP contribution in [0.5, 0.6) is 0 Å². The van der Waals surface area contributed by atoms with Crippen molar-refractivity contribution in [3.63, 3.8) is 0 Å². The monoisotopic (exact) mass is 343 g/mol. The summed E-state index contributed by atoms with van der Waals surface area (Å²) < 4.78 is 1.06. The number of thiophene rings is 1. The van der Waals surface area contributed by atoms with Crippen LogP contribution in [0.1, 0.15) is 17.4 Å². The molecule has 0 fully saturated rings. The van der Waals surface area contributed by atoms with Crippen LogP contribution < -0.4 is 5.32 Å². The largest absolute Gasteiger partial charge is 0.310 e. The molecule has 2 aromatic rings. The molecule has 0 aliphatic rings. The van der Waals surface area contributed by atoms with Gasteiger partial charge in [0.15, 0.2) is 0 Å². The quantitative estimate of drug-likeness (QED) is 0.814. The smallest absolute Gasteiger partial charge is 0.0417 e. The molecule has 4 heteroatoms. The molecule has 0 bridgehead atoms. The summed E-state index contributed by atoms with van der Waals surface area (Å²) in [5.41, 5.74) is 1.23. The maximum atomic E-state index is 5.93. The van der Waals surface area contributed by atoms with Crippen LogP contribution in [-0.2, 0) is 13.0 Å². The van der Waals surface area contributed by atoms with Crippen molar-refractivity contribution in [2.24, 2.45) is 0 Å². The molecule has 1 unspecified atom stereocenters. The van der Waals surface area contributed by atoms with Crippen LogP contribution in [0.2, 0.25) is 5.02 Å². The lowest BCUT2D eigenvalue weighted by Crippen LogP contribution is -2.27. The average Bonchev–Trinajstić information content (AvgIpc) is 2.80. The van der Waals surface area contributed by atoms with Crippen molar-refractivity contribution in [1.82, 2.24) is 5.32 Å². The summed E-state index contributed by atoms with van der Waals surface area (Å²) in [5, 5.41) is 6.42. The second-order valence-electron chi connectivity index (χ2n) is 4.30. The summed E-state index contributed by atoms with van der Waals surface area (Å²) in [7, 11) is 0. The minimum absolute atomic E-state index is 0.464. The van der Waals surface area contributed by atoms with Gasteiger partial charge in [0.1, 0.15) is 0 Å². The molecule has 2 rings (SSSR count). The van der Waals surface area contributed by atoms with Gasteiger partial charge in [0.25, 0.3) is 0 Å². The first kappa shape index (κ1) is 14.1. The Morgan fingerprint density at radius 3 is 2.89 bits per heavy atom. The van der Waals surface area contributed by atoms with Crippen molar-refractivity contribution in [2.75, 3.05) is 0 Å². The van der Waals surface area contributed by atoms with E-state index < -0.39 is 0 Å². The van der Waals surface area contributed by atoms with Crippen molar-refractivity contribution >= 4 is 38.9 Å². The third-order valence-electron chi connectivity index (χ3n) is 2.74. The van der Waals surface area contributed by atoms with E-state index in [1.54, 1.807) is 0 Å². The van der Waals surface area contributed by atoms with Gasteiger partial charge in [-0.05, 0) is 42.5 Å². The highest BCUT2D eigenvalue weighted by Gasteiger charge is 2.06. The third-order valence-corrected chi connectivity index (χ3v) is 4.62. The van der Waals surface area contributed by atoms with E-state index in [0.29, 0.717) is 6.04 Å². The zero-order chi connectivity index (χ0) is 13.0. The van der Waals surface area contributed by atoms with E-state index in [1.165, 1.54) is 10.4 Å². The highest BCUT2D eigenvalue weighted by Crippen LogP contribution is 2.21. The van der Waals surface area contributed by atoms with Gasteiger partial charge in [-0.3, -0.25) is 0 Å². The molecule has 96 valence electrons. The van der Waals surface area contributed by atoms with E-state index in [-0.39, 0.29) is 0 Å². The van der Waals surface area contributed by atoms with Crippen molar-refractivity contribution < 1.29 is 0 Å². The first-order chi connectivity index (χ1) is 8.65. The van der Waals surface area contributed by atoms with Gasteiger partial charge in [0, 0.05) is 27.0 Å². The Morgan fingerprint density at radius 2 is 2.22 bits per heavy atom. The molecule has 0 radical (unpaired) electrons. The number of hydrogen-bond donors (Lipinski definition) is 1. The molecule has 1 N–H and O–H groups in total. The number of benzene rings is 1. The molecule has 0 aliphatic carbocycles. The minimum atomic E-state index is 0.464. The van der Waals surface area contributed by atoms with Gasteiger partial charge in [-0.15, -0.1) is 11.3 Å². The Bertz CT molecular complexity index is 499. The summed E-state index contributed by atoms with van der Waals surface area (Å²) in [5.74, 6) is 0. The maximum absolute atomic E-state index is 5.93. The van der Waals surface area contributed by atoms with Gasteiger partial charge in [0.2, 0.25) is 0 Å². The maximum Gasteiger partial charge on any atom is 0.0417 e. The first-order valence-electron chi connectivity index (χ1n) is 5.85. The van der Waals surface area contributed by atoms with Gasteiger partial charge in [-0.1, -0.05) is 39.7 Å². The number of hydrogen-bond acceptors (Lipinski definition) is 2. The van der Waals surface area contributed by atoms with Crippen LogP contribution >= 0.6 is 38.9 Å². The fraction of sp³-hybridized carbons (Fsp3) is 0.286. The molecule has 0 saturated carbocycles. The fourth-order valence-electron chi connectivity index (χ4n) is 1.75. The highest BCUT2D eigenvalue weighted by atomic mass is 79.9. The van der Waals surface area contributed by atoms with Crippen LogP contribution in [0.25, 0.3) is 0 Å². The lowest BCUT2D eigenvalue weighted by atomic mass is 10.1. The molecule has 0 aliphatic heterocycles. The number of halogens is 2.